The summed E-state index contributed by atoms with van der Waals surface area (Å²) < 4.78 is 6.30. The van der Waals surface area contributed by atoms with E-state index >= 15 is 0 Å². The third-order valence-corrected chi connectivity index (χ3v) is 6.32. The van der Waals surface area contributed by atoms with E-state index in [9.17, 15) is 5.11 Å². The molecule has 0 radical (unpaired) electrons. The minimum absolute atomic E-state index is 0.173. The first-order chi connectivity index (χ1) is 13.7. The Morgan fingerprint density at radius 3 is 2.21 bits per heavy atom. The van der Waals surface area contributed by atoms with Crippen LogP contribution in [-0.4, -0.2) is 58.8 Å². The monoisotopic (exact) mass is 380 g/mol. The number of aliphatic hydroxyl groups excluding tert-OH is 1. The van der Waals surface area contributed by atoms with Crippen LogP contribution in [0.2, 0.25) is 0 Å². The Bertz CT molecular complexity index is 737. The zero-order valence-electron chi connectivity index (χ0n) is 16.9. The highest BCUT2D eigenvalue weighted by Crippen LogP contribution is 2.36. The molecule has 0 bridgehead atoms. The molecule has 2 aromatic rings. The van der Waals surface area contributed by atoms with Gasteiger partial charge in [-0.2, -0.15) is 0 Å². The fraction of sp³-hybridized carbons (Fsp3) is 0.500. The number of ether oxygens (including phenoxy) is 1. The van der Waals surface area contributed by atoms with Crippen LogP contribution in [0.25, 0.3) is 0 Å². The summed E-state index contributed by atoms with van der Waals surface area (Å²) in [6.45, 7) is 8.21. The molecule has 4 atom stereocenters. The molecule has 150 valence electrons. The van der Waals surface area contributed by atoms with Gasteiger partial charge in [-0.1, -0.05) is 74.5 Å². The molecule has 0 saturated carbocycles. The molecule has 2 aliphatic rings. The van der Waals surface area contributed by atoms with Crippen LogP contribution in [-0.2, 0) is 17.9 Å². The molecule has 2 aromatic carbocycles. The van der Waals surface area contributed by atoms with Crippen LogP contribution < -0.4 is 0 Å². The van der Waals surface area contributed by atoms with Gasteiger partial charge in [-0.25, -0.2) is 0 Å². The predicted molar refractivity (Wildman–Crippen MR) is 112 cm³/mol. The van der Waals surface area contributed by atoms with E-state index in [1.54, 1.807) is 0 Å². The van der Waals surface area contributed by atoms with Gasteiger partial charge < -0.3 is 9.84 Å². The topological polar surface area (TPSA) is 35.9 Å². The van der Waals surface area contributed by atoms with Crippen LogP contribution in [0.4, 0.5) is 0 Å². The van der Waals surface area contributed by atoms with Gasteiger partial charge in [-0.05, 0) is 17.0 Å². The summed E-state index contributed by atoms with van der Waals surface area (Å²) in [6, 6.07) is 21.9. The Morgan fingerprint density at radius 2 is 1.61 bits per heavy atom. The molecular formula is C24H32N2O2. The largest absolute Gasteiger partial charge is 0.395 e. The number of rotatable bonds is 7. The molecule has 2 saturated heterocycles. The maximum Gasteiger partial charge on any atom is 0.0874 e. The third-order valence-electron chi connectivity index (χ3n) is 6.32. The first kappa shape index (κ1) is 19.6. The number of hydrogen-bond acceptors (Lipinski definition) is 4. The van der Waals surface area contributed by atoms with E-state index in [0.29, 0.717) is 24.6 Å². The van der Waals surface area contributed by atoms with Crippen LogP contribution in [0.3, 0.4) is 0 Å². The highest BCUT2D eigenvalue weighted by atomic mass is 16.5. The van der Waals surface area contributed by atoms with Gasteiger partial charge in [0.25, 0.3) is 0 Å². The molecule has 4 rings (SSSR count). The van der Waals surface area contributed by atoms with Crippen molar-refractivity contribution < 1.29 is 9.84 Å². The summed E-state index contributed by atoms with van der Waals surface area (Å²) in [7, 11) is 0. The molecule has 2 heterocycles. The van der Waals surface area contributed by atoms with Crippen LogP contribution in [0, 0.1) is 5.92 Å². The summed E-state index contributed by atoms with van der Waals surface area (Å²) >= 11 is 0. The minimum atomic E-state index is 0.173. The summed E-state index contributed by atoms with van der Waals surface area (Å²) in [5, 5.41) is 10.2. The summed E-state index contributed by atoms with van der Waals surface area (Å²) in [4.78, 5) is 5.04. The zero-order valence-corrected chi connectivity index (χ0v) is 16.9. The van der Waals surface area contributed by atoms with Gasteiger partial charge in [0.15, 0.2) is 0 Å². The third kappa shape index (κ3) is 4.01. The lowest BCUT2D eigenvalue weighted by Gasteiger charge is -2.61. The Morgan fingerprint density at radius 1 is 0.964 bits per heavy atom. The standard InChI is InChI=1S/C24H32N2O2/c1-18(2)24-22(16-27)25(13-19-9-5-3-6-10-19)14-21-23(15-26(21)24)28-17-20-11-7-4-8-12-20/h3-12,18,21-24,27H,13-17H2,1-2H3/t21-,22+,23+,24+/m0/s1. The van der Waals surface area contributed by atoms with Crippen molar-refractivity contribution in [3.8, 4) is 0 Å². The first-order valence-corrected chi connectivity index (χ1v) is 10.5. The molecule has 2 fully saturated rings. The second-order valence-corrected chi connectivity index (χ2v) is 8.50. The van der Waals surface area contributed by atoms with E-state index in [-0.39, 0.29) is 18.8 Å². The summed E-state index contributed by atoms with van der Waals surface area (Å²) in [5.41, 5.74) is 2.53. The van der Waals surface area contributed by atoms with Crippen molar-refractivity contribution in [2.75, 3.05) is 19.7 Å². The predicted octanol–water partition coefficient (Wildman–Crippen LogP) is 3.16. The second kappa shape index (κ2) is 8.75. The SMILES string of the molecule is CC(C)[C@@H]1[C@@H](CO)N(Cc2ccccc2)C[C@H]2[C@H](OCc3ccccc3)CN12. The molecule has 0 spiro atoms. The molecule has 2 aliphatic heterocycles. The highest BCUT2D eigenvalue weighted by molar-refractivity contribution is 5.17. The molecule has 0 aliphatic carbocycles. The molecule has 4 nitrogen and oxygen atoms in total. The molecular weight excluding hydrogens is 348 g/mol. The van der Waals surface area contributed by atoms with E-state index < -0.39 is 0 Å². The fourth-order valence-electron chi connectivity index (χ4n) is 4.91. The zero-order chi connectivity index (χ0) is 19.5. The number of nitrogens with zero attached hydrogens (tertiary/aromatic N) is 2. The van der Waals surface area contributed by atoms with Crippen molar-refractivity contribution >= 4 is 0 Å². The van der Waals surface area contributed by atoms with Crippen LogP contribution >= 0.6 is 0 Å². The van der Waals surface area contributed by atoms with Crippen molar-refractivity contribution in [1.82, 2.24) is 9.80 Å². The normalized spacial score (nSPS) is 28.1. The first-order valence-electron chi connectivity index (χ1n) is 10.5. The van der Waals surface area contributed by atoms with Crippen molar-refractivity contribution in [3.05, 3.63) is 71.8 Å². The lowest BCUT2D eigenvalue weighted by molar-refractivity contribution is -0.187. The highest BCUT2D eigenvalue weighted by Gasteiger charge is 2.52. The molecule has 28 heavy (non-hydrogen) atoms. The number of piperazine rings is 1. The maximum absolute atomic E-state index is 10.2. The van der Waals surface area contributed by atoms with Gasteiger partial charge in [-0.15, -0.1) is 0 Å². The van der Waals surface area contributed by atoms with Crippen LogP contribution in [0.1, 0.15) is 25.0 Å². The Kier molecular flexibility index (Phi) is 6.12. The van der Waals surface area contributed by atoms with Crippen molar-refractivity contribution in [1.29, 1.82) is 0 Å². The van der Waals surface area contributed by atoms with Crippen molar-refractivity contribution in [2.45, 2.75) is 51.2 Å². The van der Waals surface area contributed by atoms with Crippen LogP contribution in [0.5, 0.6) is 0 Å². The fourth-order valence-corrected chi connectivity index (χ4v) is 4.91. The lowest BCUT2D eigenvalue weighted by atomic mass is 9.82. The Labute approximate surface area is 168 Å². The van der Waals surface area contributed by atoms with Gasteiger partial charge in [0, 0.05) is 31.7 Å². The number of aliphatic hydroxyl groups is 1. The quantitative estimate of drug-likeness (QED) is 0.800. The van der Waals surface area contributed by atoms with Gasteiger partial charge in [0.05, 0.1) is 25.4 Å². The number of benzene rings is 2. The lowest BCUT2D eigenvalue weighted by Crippen LogP contribution is -2.76. The van der Waals surface area contributed by atoms with Gasteiger partial charge in [0.2, 0.25) is 0 Å². The number of hydrogen-bond donors (Lipinski definition) is 1. The smallest absolute Gasteiger partial charge is 0.0874 e. The minimum Gasteiger partial charge on any atom is -0.395 e. The van der Waals surface area contributed by atoms with E-state index in [2.05, 4.69) is 78.2 Å². The summed E-state index contributed by atoms with van der Waals surface area (Å²) in [6.07, 6.45) is 0.263. The van der Waals surface area contributed by atoms with E-state index in [0.717, 1.165) is 19.6 Å². The molecule has 4 heteroatoms. The summed E-state index contributed by atoms with van der Waals surface area (Å²) in [5.74, 6) is 0.494. The molecule has 0 aromatic heterocycles. The molecule has 0 unspecified atom stereocenters. The maximum atomic E-state index is 10.2. The molecule has 0 amide bonds. The second-order valence-electron chi connectivity index (χ2n) is 8.50. The molecule has 1 N–H and O–H groups in total. The van der Waals surface area contributed by atoms with Crippen molar-refractivity contribution in [3.63, 3.8) is 0 Å². The van der Waals surface area contributed by atoms with Crippen LogP contribution in [0.15, 0.2) is 60.7 Å². The van der Waals surface area contributed by atoms with Crippen molar-refractivity contribution in [2.24, 2.45) is 5.92 Å². The van der Waals surface area contributed by atoms with Gasteiger partial charge in [0.1, 0.15) is 0 Å². The number of fused-ring (bicyclic) bond motifs is 1. The average molecular weight is 381 g/mol. The average Bonchev–Trinajstić information content (AvgIpc) is 2.70. The van der Waals surface area contributed by atoms with Gasteiger partial charge >= 0.3 is 0 Å². The van der Waals surface area contributed by atoms with Gasteiger partial charge in [-0.3, -0.25) is 9.80 Å². The van der Waals surface area contributed by atoms with E-state index in [1.807, 2.05) is 6.07 Å². The Hall–Kier alpha value is -1.72. The van der Waals surface area contributed by atoms with E-state index in [4.69, 9.17) is 4.74 Å². The Balaban J connectivity index is 1.47. The van der Waals surface area contributed by atoms with E-state index in [1.165, 1.54) is 11.1 Å².